The molecule has 0 saturated carbocycles. The molecule has 2 aromatic rings. The molecular weight excluding hydrogens is 416 g/mol. The third-order valence-corrected chi connectivity index (χ3v) is 5.96. The van der Waals surface area contributed by atoms with Gasteiger partial charge in [0, 0.05) is 27.8 Å². The van der Waals surface area contributed by atoms with Gasteiger partial charge in [0.25, 0.3) is 0 Å². The molecule has 2 aromatic carbocycles. The molecule has 0 aromatic heterocycles. The third-order valence-electron chi connectivity index (χ3n) is 5.31. The van der Waals surface area contributed by atoms with E-state index in [4.69, 9.17) is 5.73 Å². The number of nitrogen functional groups attached to an aromatic ring is 1. The number of fused-ring (bicyclic) bond motifs is 2. The second-order valence-electron chi connectivity index (χ2n) is 8.08. The predicted octanol–water partition coefficient (Wildman–Crippen LogP) is 5.68. The van der Waals surface area contributed by atoms with Crippen molar-refractivity contribution in [2.24, 2.45) is 11.8 Å². The number of anilines is 2. The average Bonchev–Trinajstić information content (AvgIpc) is 2.66. The third kappa shape index (κ3) is 4.00. The standard InChI is InChI=1S/C23H27BrN2O2/c1-13(2)7-6-8-14(3)12-26-18-11-17(24)21(25)20-19(18)22(27)15-9-4-5-10-16(15)23(20)28/h4-5,9-11,13-14,26H,6-8,12,25H2,1-3H3. The van der Waals surface area contributed by atoms with Gasteiger partial charge in [0.1, 0.15) is 0 Å². The highest BCUT2D eigenvalue weighted by molar-refractivity contribution is 9.10. The minimum Gasteiger partial charge on any atom is -0.397 e. The Hall–Kier alpha value is -2.14. The van der Waals surface area contributed by atoms with E-state index in [1.54, 1.807) is 24.3 Å². The molecule has 0 fully saturated rings. The van der Waals surface area contributed by atoms with Crippen molar-refractivity contribution in [1.29, 1.82) is 0 Å². The molecular formula is C23H27BrN2O2. The van der Waals surface area contributed by atoms with Gasteiger partial charge in [-0.2, -0.15) is 0 Å². The van der Waals surface area contributed by atoms with Gasteiger partial charge in [-0.15, -0.1) is 0 Å². The van der Waals surface area contributed by atoms with Crippen molar-refractivity contribution in [2.75, 3.05) is 17.6 Å². The number of hydrogen-bond donors (Lipinski definition) is 2. The lowest BCUT2D eigenvalue weighted by atomic mass is 9.82. The lowest BCUT2D eigenvalue weighted by molar-refractivity contribution is 0.0980. The van der Waals surface area contributed by atoms with Gasteiger partial charge in [-0.25, -0.2) is 0 Å². The molecule has 148 valence electrons. The molecule has 1 unspecified atom stereocenters. The Labute approximate surface area is 175 Å². The summed E-state index contributed by atoms with van der Waals surface area (Å²) in [5.41, 5.74) is 8.71. The number of carbonyl (C=O) groups is 2. The van der Waals surface area contributed by atoms with Gasteiger partial charge in [0.15, 0.2) is 11.6 Å². The van der Waals surface area contributed by atoms with Crippen molar-refractivity contribution in [3.8, 4) is 0 Å². The Kier molecular flexibility index (Phi) is 6.23. The van der Waals surface area contributed by atoms with Crippen LogP contribution >= 0.6 is 15.9 Å². The Morgan fingerprint density at radius 2 is 1.61 bits per heavy atom. The fraction of sp³-hybridized carbons (Fsp3) is 0.391. The van der Waals surface area contributed by atoms with E-state index in [9.17, 15) is 9.59 Å². The summed E-state index contributed by atoms with van der Waals surface area (Å²) in [6.07, 6.45) is 3.53. The minimum atomic E-state index is -0.197. The van der Waals surface area contributed by atoms with Crippen LogP contribution in [0.5, 0.6) is 0 Å². The van der Waals surface area contributed by atoms with E-state index in [1.807, 2.05) is 6.07 Å². The summed E-state index contributed by atoms with van der Waals surface area (Å²) in [4.78, 5) is 26.2. The molecule has 3 rings (SSSR count). The van der Waals surface area contributed by atoms with Crippen LogP contribution in [-0.4, -0.2) is 18.1 Å². The Morgan fingerprint density at radius 1 is 1.00 bits per heavy atom. The van der Waals surface area contributed by atoms with Crippen molar-refractivity contribution in [3.63, 3.8) is 0 Å². The van der Waals surface area contributed by atoms with Crippen molar-refractivity contribution >= 4 is 38.9 Å². The van der Waals surface area contributed by atoms with E-state index in [-0.39, 0.29) is 11.6 Å². The fourth-order valence-electron chi connectivity index (χ4n) is 3.69. The number of nitrogens with two attached hydrogens (primary N) is 1. The van der Waals surface area contributed by atoms with E-state index < -0.39 is 0 Å². The Bertz CT molecular complexity index is 921. The van der Waals surface area contributed by atoms with Crippen LogP contribution < -0.4 is 11.1 Å². The maximum absolute atomic E-state index is 13.2. The van der Waals surface area contributed by atoms with Crippen LogP contribution in [-0.2, 0) is 0 Å². The number of hydrogen-bond acceptors (Lipinski definition) is 4. The minimum absolute atomic E-state index is 0.153. The van der Waals surface area contributed by atoms with Crippen LogP contribution in [0.15, 0.2) is 34.8 Å². The van der Waals surface area contributed by atoms with Crippen LogP contribution in [0, 0.1) is 11.8 Å². The van der Waals surface area contributed by atoms with Gasteiger partial charge in [-0.1, -0.05) is 57.9 Å². The summed E-state index contributed by atoms with van der Waals surface area (Å²) in [6, 6.07) is 8.74. The highest BCUT2D eigenvalue weighted by Gasteiger charge is 2.34. The summed E-state index contributed by atoms with van der Waals surface area (Å²) in [5, 5.41) is 3.40. The first-order valence-corrected chi connectivity index (χ1v) is 10.6. The van der Waals surface area contributed by atoms with E-state index >= 15 is 0 Å². The fourth-order valence-corrected chi connectivity index (χ4v) is 4.11. The Balaban J connectivity index is 1.89. The van der Waals surface area contributed by atoms with Crippen LogP contribution in [0.4, 0.5) is 11.4 Å². The summed E-state index contributed by atoms with van der Waals surface area (Å²) in [7, 11) is 0. The van der Waals surface area contributed by atoms with E-state index in [2.05, 4.69) is 42.0 Å². The van der Waals surface area contributed by atoms with Gasteiger partial charge in [0.2, 0.25) is 0 Å². The zero-order valence-corrected chi connectivity index (χ0v) is 18.2. The van der Waals surface area contributed by atoms with Crippen LogP contribution in [0.25, 0.3) is 0 Å². The van der Waals surface area contributed by atoms with Gasteiger partial charge in [0.05, 0.1) is 16.8 Å². The summed E-state index contributed by atoms with van der Waals surface area (Å²) < 4.78 is 0.627. The molecule has 3 N–H and O–H groups in total. The predicted molar refractivity (Wildman–Crippen MR) is 118 cm³/mol. The molecule has 1 aliphatic rings. The van der Waals surface area contributed by atoms with E-state index in [0.29, 0.717) is 49.9 Å². The highest BCUT2D eigenvalue weighted by atomic mass is 79.9. The molecule has 0 amide bonds. The average molecular weight is 443 g/mol. The first-order chi connectivity index (χ1) is 13.3. The van der Waals surface area contributed by atoms with Gasteiger partial charge < -0.3 is 11.1 Å². The van der Waals surface area contributed by atoms with Crippen molar-refractivity contribution < 1.29 is 9.59 Å². The van der Waals surface area contributed by atoms with Gasteiger partial charge in [-0.05, 0) is 40.3 Å². The number of nitrogens with one attached hydrogen (secondary N) is 1. The van der Waals surface area contributed by atoms with Crippen LogP contribution in [0.3, 0.4) is 0 Å². The number of rotatable bonds is 7. The summed E-state index contributed by atoms with van der Waals surface area (Å²) in [5.74, 6) is 0.827. The van der Waals surface area contributed by atoms with Crippen LogP contribution in [0.2, 0.25) is 0 Å². The largest absolute Gasteiger partial charge is 0.397 e. The maximum atomic E-state index is 13.2. The quantitative estimate of drug-likeness (QED) is 0.461. The van der Waals surface area contributed by atoms with Crippen molar-refractivity contribution in [1.82, 2.24) is 0 Å². The van der Waals surface area contributed by atoms with E-state index in [0.717, 1.165) is 13.0 Å². The normalized spacial score (nSPS) is 14.0. The molecule has 0 saturated heterocycles. The topological polar surface area (TPSA) is 72.2 Å². The molecule has 4 nitrogen and oxygen atoms in total. The molecule has 0 bridgehead atoms. The van der Waals surface area contributed by atoms with Crippen molar-refractivity contribution in [2.45, 2.75) is 40.0 Å². The SMILES string of the molecule is CC(C)CCCC(C)CNc1cc(Br)c(N)c2c1C(=O)c1ccccc1C2=O. The molecule has 1 aliphatic carbocycles. The second-order valence-corrected chi connectivity index (χ2v) is 8.94. The lowest BCUT2D eigenvalue weighted by Gasteiger charge is -2.24. The molecule has 5 heteroatoms. The second kappa shape index (κ2) is 8.48. The molecule has 28 heavy (non-hydrogen) atoms. The van der Waals surface area contributed by atoms with E-state index in [1.165, 1.54) is 12.8 Å². The van der Waals surface area contributed by atoms with Gasteiger partial charge in [-0.3, -0.25) is 9.59 Å². The summed E-state index contributed by atoms with van der Waals surface area (Å²) >= 11 is 3.45. The molecule has 0 heterocycles. The number of benzene rings is 2. The highest BCUT2D eigenvalue weighted by Crippen LogP contribution is 2.39. The first-order valence-electron chi connectivity index (χ1n) is 9.85. The Morgan fingerprint density at radius 3 is 2.21 bits per heavy atom. The zero-order chi connectivity index (χ0) is 20.4. The molecule has 0 aliphatic heterocycles. The number of ketones is 2. The lowest BCUT2D eigenvalue weighted by Crippen LogP contribution is -2.25. The van der Waals surface area contributed by atoms with Crippen LogP contribution in [0.1, 0.15) is 71.9 Å². The monoisotopic (exact) mass is 442 g/mol. The van der Waals surface area contributed by atoms with Crippen molar-refractivity contribution in [3.05, 3.63) is 57.1 Å². The number of carbonyl (C=O) groups excluding carboxylic acids is 2. The maximum Gasteiger partial charge on any atom is 0.196 e. The molecule has 0 radical (unpaired) electrons. The summed E-state index contributed by atoms with van der Waals surface area (Å²) in [6.45, 7) is 7.42. The smallest absolute Gasteiger partial charge is 0.196 e. The van der Waals surface area contributed by atoms with Gasteiger partial charge >= 0.3 is 0 Å². The zero-order valence-electron chi connectivity index (χ0n) is 16.6. The number of halogens is 1. The first kappa shape index (κ1) is 20.6. The molecule has 0 spiro atoms. The molecule has 1 atom stereocenters.